The zero-order valence-corrected chi connectivity index (χ0v) is 28.0. The minimum atomic E-state index is -0.601. The maximum Gasteiger partial charge on any atom is 0.155 e. The molecule has 2 unspecified atom stereocenters. The minimum Gasteiger partial charge on any atom is -0.488 e. The van der Waals surface area contributed by atoms with Gasteiger partial charge in [-0.25, -0.2) is 0 Å². The van der Waals surface area contributed by atoms with E-state index in [9.17, 15) is 4.79 Å². The van der Waals surface area contributed by atoms with Gasteiger partial charge in [0.15, 0.2) is 5.78 Å². The summed E-state index contributed by atoms with van der Waals surface area (Å²) in [7, 11) is 0. The second-order valence-corrected chi connectivity index (χ2v) is 12.5. The molecule has 0 amide bonds. The molecule has 6 aromatic rings. The highest BCUT2D eigenvalue weighted by molar-refractivity contribution is 9.09. The summed E-state index contributed by atoms with van der Waals surface area (Å²) < 4.78 is 24.7. The summed E-state index contributed by atoms with van der Waals surface area (Å²) in [4.78, 5) is 14.1. The van der Waals surface area contributed by atoms with Crippen molar-refractivity contribution in [1.82, 2.24) is 0 Å². The number of ether oxygens (including phenoxy) is 2. The summed E-state index contributed by atoms with van der Waals surface area (Å²) in [5, 5.41) is 3.14. The van der Waals surface area contributed by atoms with Gasteiger partial charge in [-0.1, -0.05) is 116 Å². The van der Waals surface area contributed by atoms with E-state index in [2.05, 4.69) is 31.9 Å². The molecule has 0 aliphatic rings. The number of hydrogen-bond acceptors (Lipinski definition) is 5. The standard InChI is InChI=1S/C35H26Br2Cl2O5/c36-17-27(33-15-25-29(11-23(38)13-31(25)43-33)41-19-21-7-3-1-4-8-21)35(40)28(18-37)34-16-26-30(12-24(39)14-32(26)44-34)42-20-22-9-5-2-6-10-22/h1-16,27-28H,17-20H2. The predicted molar refractivity (Wildman–Crippen MR) is 182 cm³/mol. The first kappa shape index (κ1) is 30.8. The maximum atomic E-state index is 14.1. The molecule has 2 atom stereocenters. The van der Waals surface area contributed by atoms with Crippen molar-refractivity contribution < 1.29 is 23.1 Å². The lowest BCUT2D eigenvalue weighted by molar-refractivity contribution is -0.121. The highest BCUT2D eigenvalue weighted by Gasteiger charge is 2.33. The Labute approximate surface area is 281 Å². The largest absolute Gasteiger partial charge is 0.488 e. The summed E-state index contributed by atoms with van der Waals surface area (Å²) >= 11 is 19.9. The normalized spacial score (nSPS) is 12.8. The number of fused-ring (bicyclic) bond motifs is 2. The van der Waals surface area contributed by atoms with Crippen LogP contribution >= 0.6 is 55.1 Å². The van der Waals surface area contributed by atoms with Crippen molar-refractivity contribution in [3.05, 3.63) is 130 Å². The number of carbonyl (C=O) groups is 1. The third kappa shape index (κ3) is 6.71. The first-order valence-electron chi connectivity index (χ1n) is 13.9. The molecule has 0 fully saturated rings. The highest BCUT2D eigenvalue weighted by Crippen LogP contribution is 2.40. The number of halogens is 4. The number of ketones is 1. The zero-order valence-electron chi connectivity index (χ0n) is 23.3. The molecule has 0 radical (unpaired) electrons. The molecule has 0 N–H and O–H groups in total. The molecule has 9 heteroatoms. The van der Waals surface area contributed by atoms with E-state index in [1.807, 2.05) is 72.8 Å². The number of carbonyl (C=O) groups excluding carboxylic acids is 1. The molecule has 5 nitrogen and oxygen atoms in total. The van der Waals surface area contributed by atoms with E-state index in [1.54, 1.807) is 24.3 Å². The molecule has 0 bridgehead atoms. The van der Waals surface area contributed by atoms with Gasteiger partial charge in [0.05, 0.1) is 22.6 Å². The van der Waals surface area contributed by atoms with E-state index in [-0.39, 0.29) is 5.78 Å². The number of alkyl halides is 2. The van der Waals surface area contributed by atoms with Crippen molar-refractivity contribution in [1.29, 1.82) is 0 Å². The van der Waals surface area contributed by atoms with Gasteiger partial charge in [0.2, 0.25) is 0 Å². The molecular formula is C35H26Br2Cl2O5. The minimum absolute atomic E-state index is 0.0763. The Morgan fingerprint density at radius 1 is 0.636 bits per heavy atom. The van der Waals surface area contributed by atoms with Crippen molar-refractivity contribution in [2.45, 2.75) is 25.0 Å². The van der Waals surface area contributed by atoms with E-state index in [1.165, 1.54) is 0 Å². The Balaban J connectivity index is 1.28. The fraction of sp³-hybridized carbons (Fsp3) is 0.171. The molecule has 0 aliphatic carbocycles. The molecule has 0 saturated carbocycles. The maximum absolute atomic E-state index is 14.1. The molecular weight excluding hydrogens is 731 g/mol. The summed E-state index contributed by atoms with van der Waals surface area (Å²) in [5.74, 6) is 0.902. The fourth-order valence-electron chi connectivity index (χ4n) is 5.07. The number of furan rings is 2. The first-order chi connectivity index (χ1) is 21.4. The van der Waals surface area contributed by atoms with E-state index < -0.39 is 11.8 Å². The fourth-order valence-corrected chi connectivity index (χ4v) is 6.74. The van der Waals surface area contributed by atoms with Gasteiger partial charge in [-0.2, -0.15) is 0 Å². The van der Waals surface area contributed by atoms with Crippen LogP contribution in [-0.2, 0) is 18.0 Å². The molecule has 0 spiro atoms. The molecule has 4 aromatic carbocycles. The van der Waals surface area contributed by atoms with Crippen molar-refractivity contribution in [2.24, 2.45) is 0 Å². The quantitative estimate of drug-likeness (QED) is 0.116. The number of rotatable bonds is 12. The number of benzene rings is 4. The van der Waals surface area contributed by atoms with Crippen molar-refractivity contribution in [3.8, 4) is 11.5 Å². The van der Waals surface area contributed by atoms with Crippen LogP contribution in [0.4, 0.5) is 0 Å². The van der Waals surface area contributed by atoms with Crippen LogP contribution in [0, 0.1) is 0 Å². The van der Waals surface area contributed by atoms with Gasteiger partial charge >= 0.3 is 0 Å². The lowest BCUT2D eigenvalue weighted by Gasteiger charge is -2.16. The third-order valence-corrected chi connectivity index (χ3v) is 9.05. The summed E-state index contributed by atoms with van der Waals surface area (Å²) in [6.07, 6.45) is 0. The monoisotopic (exact) mass is 754 g/mol. The molecule has 0 saturated heterocycles. The van der Waals surface area contributed by atoms with E-state index in [4.69, 9.17) is 41.5 Å². The number of hydrogen-bond donors (Lipinski definition) is 0. The van der Waals surface area contributed by atoms with Gasteiger partial charge in [0.1, 0.15) is 47.4 Å². The Bertz CT molecular complexity index is 1770. The Morgan fingerprint density at radius 3 is 1.43 bits per heavy atom. The SMILES string of the molecule is O=C(C(CBr)c1cc2c(OCc3ccccc3)cc(Cl)cc2o1)C(CBr)c1cc2c(OCc3ccccc3)cc(Cl)cc2o1. The van der Waals surface area contributed by atoms with Crippen molar-refractivity contribution in [2.75, 3.05) is 10.7 Å². The molecule has 224 valence electrons. The first-order valence-corrected chi connectivity index (χ1v) is 16.9. The highest BCUT2D eigenvalue weighted by atomic mass is 79.9. The Morgan fingerprint density at radius 2 is 1.05 bits per heavy atom. The molecule has 2 heterocycles. The van der Waals surface area contributed by atoms with Crippen LogP contribution in [0.1, 0.15) is 34.5 Å². The van der Waals surface area contributed by atoms with Crippen LogP contribution in [0.15, 0.2) is 106 Å². The summed E-state index contributed by atoms with van der Waals surface area (Å²) in [6.45, 7) is 0.743. The second kappa shape index (κ2) is 13.8. The van der Waals surface area contributed by atoms with Crippen LogP contribution in [0.2, 0.25) is 10.0 Å². The molecule has 0 aliphatic heterocycles. The average Bonchev–Trinajstić information content (AvgIpc) is 3.65. The topological polar surface area (TPSA) is 61.8 Å². The number of Topliss-reactive ketones (excluding diaryl/α,β-unsaturated/α-hetero) is 1. The zero-order chi connectivity index (χ0) is 30.6. The summed E-state index contributed by atoms with van der Waals surface area (Å²) in [6, 6.07) is 30.4. The molecule has 6 rings (SSSR count). The van der Waals surface area contributed by atoms with Crippen molar-refractivity contribution >= 4 is 82.8 Å². The van der Waals surface area contributed by atoms with Crippen molar-refractivity contribution in [3.63, 3.8) is 0 Å². The third-order valence-electron chi connectivity index (χ3n) is 7.32. The van der Waals surface area contributed by atoms with Gasteiger partial charge in [-0.05, 0) is 35.4 Å². The summed E-state index contributed by atoms with van der Waals surface area (Å²) in [5.41, 5.74) is 3.14. The average molecular weight is 757 g/mol. The van der Waals surface area contributed by atoms with Crippen LogP contribution < -0.4 is 9.47 Å². The lowest BCUT2D eigenvalue weighted by atomic mass is 9.91. The Kier molecular flexibility index (Phi) is 9.67. The Hall–Kier alpha value is -3.23. The lowest BCUT2D eigenvalue weighted by Crippen LogP contribution is -2.22. The van der Waals surface area contributed by atoms with Gasteiger partial charge in [0.25, 0.3) is 0 Å². The smallest absolute Gasteiger partial charge is 0.155 e. The second-order valence-electron chi connectivity index (χ2n) is 10.3. The molecule has 2 aromatic heterocycles. The van der Waals surface area contributed by atoms with Crippen LogP contribution in [0.3, 0.4) is 0 Å². The van der Waals surface area contributed by atoms with Gasteiger partial charge < -0.3 is 18.3 Å². The van der Waals surface area contributed by atoms with Gasteiger partial charge in [0, 0.05) is 32.8 Å². The van der Waals surface area contributed by atoms with Crippen LogP contribution in [0.5, 0.6) is 11.5 Å². The van der Waals surface area contributed by atoms with Gasteiger partial charge in [-0.3, -0.25) is 4.79 Å². The van der Waals surface area contributed by atoms with Crippen LogP contribution in [-0.4, -0.2) is 16.4 Å². The van der Waals surface area contributed by atoms with Gasteiger partial charge in [-0.15, -0.1) is 0 Å². The predicted octanol–water partition coefficient (Wildman–Crippen LogP) is 10.9. The molecule has 44 heavy (non-hydrogen) atoms. The van der Waals surface area contributed by atoms with E-state index in [0.29, 0.717) is 68.1 Å². The van der Waals surface area contributed by atoms with E-state index >= 15 is 0 Å². The van der Waals surface area contributed by atoms with Crippen LogP contribution in [0.25, 0.3) is 21.9 Å². The van der Waals surface area contributed by atoms with E-state index in [0.717, 1.165) is 21.9 Å².